The predicted molar refractivity (Wildman–Crippen MR) is 102 cm³/mol. The predicted octanol–water partition coefficient (Wildman–Crippen LogP) is 2.98. The molecule has 0 unspecified atom stereocenters. The highest BCUT2D eigenvalue weighted by atomic mass is 16.5. The van der Waals surface area contributed by atoms with Crippen LogP contribution in [0.3, 0.4) is 0 Å². The summed E-state index contributed by atoms with van der Waals surface area (Å²) >= 11 is 0. The largest absolute Gasteiger partial charge is 0.497 e. The van der Waals surface area contributed by atoms with Crippen LogP contribution in [-0.4, -0.2) is 53.5 Å². The molecule has 0 spiro atoms. The third-order valence-electron chi connectivity index (χ3n) is 5.78. The fraction of sp³-hybridized carbons (Fsp3) is 0.524. The average Bonchev–Trinajstić information content (AvgIpc) is 3.01. The van der Waals surface area contributed by atoms with Gasteiger partial charge in [0.25, 0.3) is 5.91 Å². The van der Waals surface area contributed by atoms with E-state index in [1.165, 1.54) is 18.4 Å². The van der Waals surface area contributed by atoms with Crippen LogP contribution in [0.5, 0.6) is 5.75 Å². The first-order valence-electron chi connectivity index (χ1n) is 9.76. The molecule has 3 aliphatic heterocycles. The average molecular weight is 369 g/mol. The van der Waals surface area contributed by atoms with E-state index < -0.39 is 0 Å². The van der Waals surface area contributed by atoms with Crippen molar-refractivity contribution in [2.45, 2.75) is 38.8 Å². The maximum atomic E-state index is 13.1. The van der Waals surface area contributed by atoms with Gasteiger partial charge in [-0.25, -0.2) is 4.98 Å². The van der Waals surface area contributed by atoms with Crippen LogP contribution < -0.4 is 4.74 Å². The number of ether oxygens (including phenoxy) is 1. The standard InChI is InChI=1S/C21H27N3O3/c1-3-19-20(22-14-27-19)21(25)24-12-16-4-7-17(24)13-23(11-16)10-15-5-8-18(26-2)9-6-15/h5-6,8-9,14,16-17H,3-4,7,10-13H2,1-2H3/t16-,17+/m0/s1. The second-order valence-corrected chi connectivity index (χ2v) is 7.57. The van der Waals surface area contributed by atoms with Crippen molar-refractivity contribution >= 4 is 5.91 Å². The molecule has 4 heterocycles. The van der Waals surface area contributed by atoms with Crippen molar-refractivity contribution in [2.75, 3.05) is 26.7 Å². The molecule has 2 atom stereocenters. The van der Waals surface area contributed by atoms with Gasteiger partial charge >= 0.3 is 0 Å². The Morgan fingerprint density at radius 3 is 2.78 bits per heavy atom. The molecule has 0 radical (unpaired) electrons. The van der Waals surface area contributed by atoms with Gasteiger partial charge in [-0.1, -0.05) is 19.1 Å². The third kappa shape index (κ3) is 3.72. The number of aromatic nitrogens is 1. The molecule has 3 saturated heterocycles. The number of piperidine rings is 1. The van der Waals surface area contributed by atoms with Gasteiger partial charge in [0.1, 0.15) is 11.5 Å². The van der Waals surface area contributed by atoms with Gasteiger partial charge in [-0.05, 0) is 36.5 Å². The van der Waals surface area contributed by atoms with E-state index in [4.69, 9.17) is 9.15 Å². The first-order valence-corrected chi connectivity index (χ1v) is 9.76. The van der Waals surface area contributed by atoms with Crippen molar-refractivity contribution < 1.29 is 13.9 Å². The quantitative estimate of drug-likeness (QED) is 0.811. The molecule has 1 aromatic carbocycles. The number of hydrogen-bond donors (Lipinski definition) is 0. The van der Waals surface area contributed by atoms with Gasteiger partial charge in [0.05, 0.1) is 7.11 Å². The Balaban J connectivity index is 1.47. The summed E-state index contributed by atoms with van der Waals surface area (Å²) < 4.78 is 10.6. The molecule has 0 aliphatic carbocycles. The highest BCUT2D eigenvalue weighted by Crippen LogP contribution is 2.30. The lowest BCUT2D eigenvalue weighted by molar-refractivity contribution is 0.0577. The lowest BCUT2D eigenvalue weighted by Gasteiger charge is -2.35. The van der Waals surface area contributed by atoms with Gasteiger partial charge in [0.15, 0.2) is 12.1 Å². The summed E-state index contributed by atoms with van der Waals surface area (Å²) in [5.41, 5.74) is 1.77. The lowest BCUT2D eigenvalue weighted by atomic mass is 9.94. The van der Waals surface area contributed by atoms with Gasteiger partial charge in [-0.15, -0.1) is 0 Å². The number of carbonyl (C=O) groups excluding carboxylic acids is 1. The van der Waals surface area contributed by atoms with Gasteiger partial charge < -0.3 is 14.1 Å². The Hall–Kier alpha value is -2.34. The number of amides is 1. The number of oxazole rings is 1. The van der Waals surface area contributed by atoms with Gasteiger partial charge in [-0.2, -0.15) is 0 Å². The molecule has 3 fully saturated rings. The maximum absolute atomic E-state index is 13.1. The fourth-order valence-corrected chi connectivity index (χ4v) is 4.38. The fourth-order valence-electron chi connectivity index (χ4n) is 4.38. The first-order chi connectivity index (χ1) is 13.2. The highest BCUT2D eigenvalue weighted by Gasteiger charge is 2.38. The second-order valence-electron chi connectivity index (χ2n) is 7.57. The molecular formula is C21H27N3O3. The van der Waals surface area contributed by atoms with Crippen LogP contribution in [0.1, 0.15) is 41.6 Å². The zero-order valence-electron chi connectivity index (χ0n) is 16.1. The number of nitrogens with zero attached hydrogens (tertiary/aromatic N) is 3. The minimum absolute atomic E-state index is 0.0293. The zero-order chi connectivity index (χ0) is 18.8. The summed E-state index contributed by atoms with van der Waals surface area (Å²) in [6, 6.07) is 8.51. The molecule has 1 aromatic heterocycles. The van der Waals surface area contributed by atoms with E-state index in [0.717, 1.165) is 38.3 Å². The lowest BCUT2D eigenvalue weighted by Crippen LogP contribution is -2.47. The van der Waals surface area contributed by atoms with Crippen LogP contribution in [0.15, 0.2) is 35.1 Å². The van der Waals surface area contributed by atoms with Gasteiger partial charge in [-0.3, -0.25) is 9.69 Å². The van der Waals surface area contributed by atoms with Gasteiger partial charge in [0.2, 0.25) is 0 Å². The monoisotopic (exact) mass is 369 g/mol. The maximum Gasteiger partial charge on any atom is 0.276 e. The van der Waals surface area contributed by atoms with Gasteiger partial charge in [0, 0.05) is 38.6 Å². The molecule has 144 valence electrons. The minimum Gasteiger partial charge on any atom is -0.497 e. The molecule has 2 bridgehead atoms. The summed E-state index contributed by atoms with van der Waals surface area (Å²) in [7, 11) is 1.69. The molecule has 0 saturated carbocycles. The Morgan fingerprint density at radius 2 is 2.04 bits per heavy atom. The van der Waals surface area contributed by atoms with Crippen molar-refractivity contribution in [3.63, 3.8) is 0 Å². The zero-order valence-corrected chi connectivity index (χ0v) is 16.1. The molecule has 27 heavy (non-hydrogen) atoms. The number of hydrogen-bond acceptors (Lipinski definition) is 5. The SMILES string of the molecule is CCc1ocnc1C(=O)N1C[C@H]2CC[C@@H]1CN(Cc1ccc(OC)cc1)C2. The molecule has 0 N–H and O–H groups in total. The Labute approximate surface area is 160 Å². The van der Waals surface area contributed by atoms with Crippen LogP contribution in [0.2, 0.25) is 0 Å². The number of carbonyl (C=O) groups is 1. The van der Waals surface area contributed by atoms with Crippen LogP contribution in [0.25, 0.3) is 0 Å². The highest BCUT2D eigenvalue weighted by molar-refractivity contribution is 5.93. The van der Waals surface area contributed by atoms with Crippen LogP contribution in [0.4, 0.5) is 0 Å². The topological polar surface area (TPSA) is 58.8 Å². The summed E-state index contributed by atoms with van der Waals surface area (Å²) in [6.07, 6.45) is 4.33. The van der Waals surface area contributed by atoms with E-state index in [-0.39, 0.29) is 11.9 Å². The third-order valence-corrected chi connectivity index (χ3v) is 5.78. The summed E-state index contributed by atoms with van der Waals surface area (Å²) in [6.45, 7) is 5.66. The number of aryl methyl sites for hydroxylation is 1. The van der Waals surface area contributed by atoms with Crippen molar-refractivity contribution in [2.24, 2.45) is 5.92 Å². The Bertz CT molecular complexity index is 786. The van der Waals surface area contributed by atoms with Crippen LogP contribution in [-0.2, 0) is 13.0 Å². The minimum atomic E-state index is 0.0293. The number of rotatable bonds is 5. The summed E-state index contributed by atoms with van der Waals surface area (Å²) in [5, 5.41) is 0. The molecule has 6 heteroatoms. The second kappa shape index (κ2) is 7.72. The normalized spacial score (nSPS) is 22.7. The van der Waals surface area contributed by atoms with Crippen molar-refractivity contribution in [1.29, 1.82) is 0 Å². The van der Waals surface area contributed by atoms with Crippen molar-refractivity contribution in [3.8, 4) is 5.75 Å². The number of benzene rings is 1. The van der Waals surface area contributed by atoms with E-state index in [9.17, 15) is 4.79 Å². The van der Waals surface area contributed by atoms with E-state index in [0.29, 0.717) is 23.8 Å². The van der Waals surface area contributed by atoms with E-state index in [1.807, 2.05) is 24.0 Å². The molecule has 3 aliphatic rings. The van der Waals surface area contributed by atoms with Crippen LogP contribution in [0, 0.1) is 5.92 Å². The molecule has 5 rings (SSSR count). The molecule has 2 aromatic rings. The van der Waals surface area contributed by atoms with E-state index in [2.05, 4.69) is 22.0 Å². The summed E-state index contributed by atoms with van der Waals surface area (Å²) in [4.78, 5) is 21.8. The van der Waals surface area contributed by atoms with Crippen molar-refractivity contribution in [3.05, 3.63) is 47.7 Å². The van der Waals surface area contributed by atoms with E-state index >= 15 is 0 Å². The van der Waals surface area contributed by atoms with Crippen molar-refractivity contribution in [1.82, 2.24) is 14.8 Å². The Morgan fingerprint density at radius 1 is 1.22 bits per heavy atom. The van der Waals surface area contributed by atoms with E-state index in [1.54, 1.807) is 7.11 Å². The number of fused-ring (bicyclic) bond motifs is 4. The number of methoxy groups -OCH3 is 1. The first kappa shape index (κ1) is 18.0. The smallest absolute Gasteiger partial charge is 0.276 e. The molecule has 1 amide bonds. The van der Waals surface area contributed by atoms with Crippen LogP contribution >= 0.6 is 0 Å². The Kier molecular flexibility index (Phi) is 5.16. The summed E-state index contributed by atoms with van der Waals surface area (Å²) in [5.74, 6) is 2.12. The molecular weight excluding hydrogens is 342 g/mol. The molecule has 6 nitrogen and oxygen atoms in total.